The molecule has 0 spiro atoms. The Labute approximate surface area is 164 Å². The molecule has 28 heavy (non-hydrogen) atoms. The fourth-order valence-electron chi connectivity index (χ4n) is 2.45. The molecule has 6 heteroatoms. The average molecular weight is 379 g/mol. The number of aldehydes is 1. The second-order valence-corrected chi connectivity index (χ2v) is 6.37. The molecule has 0 radical (unpaired) electrons. The molecule has 0 atom stereocenters. The molecule has 1 aromatic heterocycles. The number of allylic oxidation sites excluding steroid dienone is 2. The Balaban J connectivity index is 0.000000200. The lowest BCUT2D eigenvalue weighted by Gasteiger charge is -2.07. The highest BCUT2D eigenvalue weighted by Crippen LogP contribution is 2.17. The van der Waals surface area contributed by atoms with Crippen molar-refractivity contribution in [1.29, 1.82) is 0 Å². The summed E-state index contributed by atoms with van der Waals surface area (Å²) in [5.74, 6) is 0.635. The largest absolute Gasteiger partial charge is 0.461 e. The van der Waals surface area contributed by atoms with Crippen LogP contribution in [0.2, 0.25) is 0 Å². The minimum absolute atomic E-state index is 0.00593. The van der Waals surface area contributed by atoms with Gasteiger partial charge in [-0.05, 0) is 45.0 Å². The molecular weight excluding hydrogens is 354 g/mol. The Morgan fingerprint density at radius 2 is 1.68 bits per heavy atom. The van der Waals surface area contributed by atoms with Gasteiger partial charge in [-0.3, -0.25) is 9.59 Å². The van der Waals surface area contributed by atoms with Crippen LogP contribution in [0.4, 0.5) is 11.4 Å². The van der Waals surface area contributed by atoms with Crippen molar-refractivity contribution in [3.05, 3.63) is 81.5 Å². The summed E-state index contributed by atoms with van der Waals surface area (Å²) in [5.41, 5.74) is 10.0. The molecule has 0 unspecified atom stereocenters. The van der Waals surface area contributed by atoms with Crippen LogP contribution >= 0.6 is 0 Å². The summed E-state index contributed by atoms with van der Waals surface area (Å²) in [4.78, 5) is 21.9. The third-order valence-corrected chi connectivity index (χ3v) is 4.08. The van der Waals surface area contributed by atoms with Crippen molar-refractivity contribution in [1.82, 2.24) is 0 Å². The fraction of sp³-hybridized carbons (Fsp3) is 0.182. The van der Waals surface area contributed by atoms with Crippen LogP contribution in [0.25, 0.3) is 11.0 Å². The molecule has 0 aliphatic carbocycles. The third kappa shape index (κ3) is 5.48. The van der Waals surface area contributed by atoms with Crippen LogP contribution in [0.5, 0.6) is 0 Å². The van der Waals surface area contributed by atoms with Crippen LogP contribution in [0.15, 0.2) is 69.1 Å². The zero-order valence-electron chi connectivity index (χ0n) is 16.5. The minimum Gasteiger partial charge on any atom is -0.461 e. The van der Waals surface area contributed by atoms with E-state index < -0.39 is 0 Å². The van der Waals surface area contributed by atoms with Crippen molar-refractivity contribution in [2.75, 3.05) is 17.7 Å². The summed E-state index contributed by atoms with van der Waals surface area (Å²) in [5, 5.41) is 6.66. The highest BCUT2D eigenvalue weighted by Gasteiger charge is 2.02. The van der Waals surface area contributed by atoms with E-state index in [1.807, 2.05) is 50.4 Å². The van der Waals surface area contributed by atoms with Crippen LogP contribution < -0.4 is 21.8 Å². The first-order chi connectivity index (χ1) is 13.3. The van der Waals surface area contributed by atoms with E-state index in [1.54, 1.807) is 19.9 Å². The van der Waals surface area contributed by atoms with Gasteiger partial charge in [-0.15, -0.1) is 0 Å². The van der Waals surface area contributed by atoms with E-state index in [4.69, 9.17) is 10.2 Å². The first kappa shape index (κ1) is 20.8. The normalized spacial score (nSPS) is 11.1. The molecule has 1 heterocycles. The van der Waals surface area contributed by atoms with Crippen molar-refractivity contribution in [3.8, 4) is 0 Å². The minimum atomic E-state index is 0.00593. The zero-order valence-corrected chi connectivity index (χ0v) is 16.5. The van der Waals surface area contributed by atoms with E-state index >= 15 is 0 Å². The summed E-state index contributed by atoms with van der Waals surface area (Å²) < 4.78 is 5.44. The third-order valence-electron chi connectivity index (χ3n) is 4.08. The summed E-state index contributed by atoms with van der Waals surface area (Å²) in [7, 11) is 1.83. The number of anilines is 2. The summed E-state index contributed by atoms with van der Waals surface area (Å²) >= 11 is 0. The molecule has 0 aliphatic rings. The first-order valence-corrected chi connectivity index (χ1v) is 8.81. The zero-order chi connectivity index (χ0) is 20.7. The maximum Gasteiger partial charge on any atom is 0.192 e. The predicted octanol–water partition coefficient (Wildman–Crippen LogP) is 3.94. The number of rotatable bonds is 4. The van der Waals surface area contributed by atoms with Gasteiger partial charge in [0.05, 0.1) is 11.1 Å². The fourth-order valence-corrected chi connectivity index (χ4v) is 2.45. The van der Waals surface area contributed by atoms with Gasteiger partial charge in [0.1, 0.15) is 11.3 Å². The number of carbonyl (C=O) groups excluding carboxylic acids is 1. The van der Waals surface area contributed by atoms with Gasteiger partial charge < -0.3 is 20.8 Å². The van der Waals surface area contributed by atoms with Crippen LogP contribution in [-0.4, -0.2) is 13.3 Å². The van der Waals surface area contributed by atoms with Gasteiger partial charge >= 0.3 is 0 Å². The van der Waals surface area contributed by atoms with Crippen molar-refractivity contribution in [2.45, 2.75) is 20.8 Å². The Morgan fingerprint density at radius 3 is 2.29 bits per heavy atom. The van der Waals surface area contributed by atoms with E-state index in [9.17, 15) is 9.59 Å². The number of hydrogen-bond acceptors (Lipinski definition) is 6. The van der Waals surface area contributed by atoms with Crippen LogP contribution in [0.1, 0.15) is 18.2 Å². The maximum absolute atomic E-state index is 11.5. The Morgan fingerprint density at radius 1 is 1.04 bits per heavy atom. The molecule has 6 nitrogen and oxygen atoms in total. The van der Waals surface area contributed by atoms with Gasteiger partial charge in [0, 0.05) is 36.3 Å². The molecule has 0 aliphatic heterocycles. The molecule has 3 rings (SSSR count). The molecule has 0 fully saturated rings. The lowest BCUT2D eigenvalue weighted by Crippen LogP contribution is -2.08. The summed E-state index contributed by atoms with van der Waals surface area (Å²) in [6.07, 6.45) is 0.635. The topological polar surface area (TPSA) is 97.4 Å². The molecular formula is C22H25N3O3. The molecule has 3 aromatic rings. The number of aryl methyl sites for hydroxylation is 2. The SMILES string of the molecule is C/C(Nc1ccc(C)cc1)=C(/N)C=O.CNc1ccc2c(=O)cc(C)oc2c1. The standard InChI is InChI=1S/C11H14N2O.C11H11NO2/c1-8-3-5-10(6-4-8)13-9(2)11(12)7-14;1-7-5-10(13)9-4-3-8(12-2)6-11(9)14-7/h3-7,13H,12H2,1-2H3;3-6,12H,1-2H3/b11-9-;. The monoisotopic (exact) mass is 379 g/mol. The Kier molecular flexibility index (Phi) is 6.98. The van der Waals surface area contributed by atoms with E-state index in [-0.39, 0.29) is 11.1 Å². The van der Waals surface area contributed by atoms with Gasteiger partial charge in [-0.1, -0.05) is 17.7 Å². The molecule has 4 N–H and O–H groups in total. The Hall–Kier alpha value is -3.54. The van der Waals surface area contributed by atoms with Gasteiger partial charge in [0.25, 0.3) is 0 Å². The molecule has 0 saturated carbocycles. The van der Waals surface area contributed by atoms with Crippen molar-refractivity contribution in [3.63, 3.8) is 0 Å². The Bertz CT molecular complexity index is 1050. The van der Waals surface area contributed by atoms with E-state index in [1.165, 1.54) is 11.6 Å². The summed E-state index contributed by atoms with van der Waals surface area (Å²) in [6, 6.07) is 14.8. The van der Waals surface area contributed by atoms with E-state index in [0.29, 0.717) is 28.7 Å². The van der Waals surface area contributed by atoms with E-state index in [2.05, 4.69) is 10.6 Å². The quantitative estimate of drug-likeness (QED) is 0.469. The smallest absolute Gasteiger partial charge is 0.192 e. The molecule has 0 amide bonds. The number of fused-ring (bicyclic) bond motifs is 1. The number of benzene rings is 2. The van der Waals surface area contributed by atoms with Crippen LogP contribution in [-0.2, 0) is 4.79 Å². The first-order valence-electron chi connectivity index (χ1n) is 8.81. The maximum atomic E-state index is 11.5. The van der Waals surface area contributed by atoms with Crippen LogP contribution in [0.3, 0.4) is 0 Å². The van der Waals surface area contributed by atoms with E-state index in [0.717, 1.165) is 11.4 Å². The van der Waals surface area contributed by atoms with Gasteiger partial charge in [-0.2, -0.15) is 0 Å². The highest BCUT2D eigenvalue weighted by molar-refractivity contribution is 5.80. The second-order valence-electron chi connectivity index (χ2n) is 6.37. The molecule has 2 aromatic carbocycles. The lowest BCUT2D eigenvalue weighted by atomic mass is 10.2. The molecule has 0 bridgehead atoms. The number of nitrogens with two attached hydrogens (primary N) is 1. The molecule has 0 saturated heterocycles. The predicted molar refractivity (Wildman–Crippen MR) is 115 cm³/mol. The molecule has 146 valence electrons. The van der Waals surface area contributed by atoms with Crippen molar-refractivity contribution in [2.24, 2.45) is 5.73 Å². The van der Waals surface area contributed by atoms with Crippen molar-refractivity contribution < 1.29 is 9.21 Å². The van der Waals surface area contributed by atoms with Crippen molar-refractivity contribution >= 4 is 28.6 Å². The number of hydrogen-bond donors (Lipinski definition) is 3. The summed E-state index contributed by atoms with van der Waals surface area (Å²) in [6.45, 7) is 5.56. The number of carbonyl (C=O) groups is 1. The average Bonchev–Trinajstić information content (AvgIpc) is 2.68. The highest BCUT2D eigenvalue weighted by atomic mass is 16.3. The van der Waals surface area contributed by atoms with Gasteiger partial charge in [0.15, 0.2) is 11.7 Å². The van der Waals surface area contributed by atoms with Crippen LogP contribution in [0, 0.1) is 13.8 Å². The second kappa shape index (κ2) is 9.41. The number of nitrogens with one attached hydrogen (secondary N) is 2. The van der Waals surface area contributed by atoms with Gasteiger partial charge in [-0.25, -0.2) is 0 Å². The lowest BCUT2D eigenvalue weighted by molar-refractivity contribution is -0.105. The van der Waals surface area contributed by atoms with Gasteiger partial charge in [0.2, 0.25) is 0 Å².